The van der Waals surface area contributed by atoms with Crippen molar-refractivity contribution in [2.24, 2.45) is 5.92 Å². The van der Waals surface area contributed by atoms with Gasteiger partial charge in [-0.3, -0.25) is 9.69 Å². The van der Waals surface area contributed by atoms with E-state index in [0.29, 0.717) is 12.0 Å². The molecule has 2 aromatic rings. The maximum absolute atomic E-state index is 14.0. The van der Waals surface area contributed by atoms with E-state index in [0.717, 1.165) is 41.9 Å². The predicted molar refractivity (Wildman–Crippen MR) is 125 cm³/mol. The number of piperazine rings is 1. The monoisotopic (exact) mass is 423 g/mol. The van der Waals surface area contributed by atoms with Crippen molar-refractivity contribution in [3.8, 4) is 5.75 Å². The molecule has 3 fully saturated rings. The number of rotatable bonds is 4. The lowest BCUT2D eigenvalue weighted by atomic mass is 9.89. The largest absolute Gasteiger partial charge is 0.495 e. The average molecular weight is 424 g/mol. The number of para-hydroxylation sites is 1. The van der Waals surface area contributed by atoms with Crippen LogP contribution in [0.4, 0.5) is 0 Å². The van der Waals surface area contributed by atoms with Gasteiger partial charge in [-0.05, 0) is 58.1 Å². The van der Waals surface area contributed by atoms with Gasteiger partial charge >= 0.3 is 0 Å². The number of ether oxygens (including phenoxy) is 1. The second-order valence-corrected chi connectivity index (χ2v) is 10.6. The maximum atomic E-state index is 14.0. The highest BCUT2D eigenvalue weighted by Gasteiger charge is 2.43. The predicted octanol–water partition coefficient (Wildman–Crippen LogP) is 4.93. The van der Waals surface area contributed by atoms with Crippen LogP contribution in [0.3, 0.4) is 0 Å². The Hall–Kier alpha value is -2.01. The van der Waals surface area contributed by atoms with Gasteiger partial charge in [-0.15, -0.1) is 0 Å². The van der Waals surface area contributed by atoms with E-state index in [-0.39, 0.29) is 11.4 Å². The van der Waals surface area contributed by atoms with Gasteiger partial charge in [-0.2, -0.15) is 0 Å². The zero-order valence-electron chi connectivity index (χ0n) is 19.4. The van der Waals surface area contributed by atoms with Crippen molar-refractivity contribution in [3.05, 3.63) is 30.0 Å². The summed E-state index contributed by atoms with van der Waals surface area (Å²) in [6, 6.07) is 6.65. The molecule has 1 aromatic heterocycles. The number of carbonyl (C=O) groups is 1. The summed E-state index contributed by atoms with van der Waals surface area (Å²) in [4.78, 5) is 18.7. The highest BCUT2D eigenvalue weighted by molar-refractivity contribution is 6.08. The number of amides is 1. The minimum Gasteiger partial charge on any atom is -0.495 e. The molecule has 1 atom stereocenters. The number of aromatic nitrogens is 1. The molecule has 0 spiro atoms. The molecule has 0 unspecified atom stereocenters. The summed E-state index contributed by atoms with van der Waals surface area (Å²) in [6.07, 6.45) is 11.2. The van der Waals surface area contributed by atoms with Crippen LogP contribution in [-0.4, -0.2) is 58.6 Å². The number of fused-ring (bicyclic) bond motifs is 2. The number of hydrogen-bond acceptors (Lipinski definition) is 3. The van der Waals surface area contributed by atoms with Gasteiger partial charge < -0.3 is 14.2 Å². The lowest BCUT2D eigenvalue weighted by molar-refractivity contribution is 0.00563. The molecule has 0 radical (unpaired) electrons. The van der Waals surface area contributed by atoms with Crippen LogP contribution in [0.1, 0.15) is 69.2 Å². The van der Waals surface area contributed by atoms with E-state index in [1.807, 2.05) is 12.1 Å². The molecule has 5 nitrogen and oxygen atoms in total. The number of carbonyl (C=O) groups excluding carboxylic acids is 1. The van der Waals surface area contributed by atoms with Gasteiger partial charge in [0.1, 0.15) is 5.75 Å². The molecular weight excluding hydrogens is 386 g/mol. The van der Waals surface area contributed by atoms with Crippen molar-refractivity contribution in [3.63, 3.8) is 0 Å². The zero-order valence-corrected chi connectivity index (χ0v) is 19.4. The molecular formula is C26H37N3O2. The summed E-state index contributed by atoms with van der Waals surface area (Å²) in [5.41, 5.74) is 1.76. The molecule has 3 aliphatic rings. The van der Waals surface area contributed by atoms with Crippen molar-refractivity contribution in [1.82, 2.24) is 14.4 Å². The Labute approximate surface area is 186 Å². The third-order valence-corrected chi connectivity index (χ3v) is 7.95. The zero-order chi connectivity index (χ0) is 21.6. The second-order valence-electron chi connectivity index (χ2n) is 10.6. The van der Waals surface area contributed by atoms with E-state index in [2.05, 4.69) is 40.5 Å². The Morgan fingerprint density at radius 2 is 1.94 bits per heavy atom. The minimum atomic E-state index is -0.158. The van der Waals surface area contributed by atoms with Crippen LogP contribution in [0.15, 0.2) is 24.4 Å². The lowest BCUT2D eigenvalue weighted by Gasteiger charge is -2.49. The third-order valence-electron chi connectivity index (χ3n) is 7.95. The van der Waals surface area contributed by atoms with E-state index in [1.165, 1.54) is 51.5 Å². The molecule has 5 heteroatoms. The van der Waals surface area contributed by atoms with Crippen LogP contribution in [0.25, 0.3) is 10.9 Å². The SMILES string of the molecule is COc1cccc2c(C(=O)N3C[C@@H]4CCCN4CC3(C)C)cn(CC3CCCCC3)c12. The standard InChI is InChI=1S/C26H37N3O2/c1-26(2)18-27-14-8-11-20(27)16-29(26)25(30)22-17-28(15-19-9-5-4-6-10-19)24-21(22)12-7-13-23(24)31-3/h7,12-13,17,19-20H,4-6,8-11,14-16,18H2,1-3H3/t20-/m0/s1. The van der Waals surface area contributed by atoms with Crippen LogP contribution in [0, 0.1) is 5.92 Å². The first kappa shape index (κ1) is 20.9. The molecule has 168 valence electrons. The molecule has 5 rings (SSSR count). The fraction of sp³-hybridized carbons (Fsp3) is 0.654. The van der Waals surface area contributed by atoms with Gasteiger partial charge in [0.15, 0.2) is 0 Å². The number of methoxy groups -OCH3 is 1. The van der Waals surface area contributed by atoms with Crippen molar-refractivity contribution >= 4 is 16.8 Å². The average Bonchev–Trinajstić information content (AvgIpc) is 3.36. The molecule has 3 heterocycles. The van der Waals surface area contributed by atoms with E-state index in [9.17, 15) is 4.79 Å². The second kappa shape index (κ2) is 8.16. The van der Waals surface area contributed by atoms with Crippen molar-refractivity contribution in [2.45, 2.75) is 76.9 Å². The summed E-state index contributed by atoms with van der Waals surface area (Å²) in [7, 11) is 1.73. The quantitative estimate of drug-likeness (QED) is 0.700. The van der Waals surface area contributed by atoms with E-state index >= 15 is 0 Å². The Morgan fingerprint density at radius 3 is 2.71 bits per heavy atom. The van der Waals surface area contributed by atoms with Gasteiger partial charge in [-0.25, -0.2) is 0 Å². The number of hydrogen-bond donors (Lipinski definition) is 0. The maximum Gasteiger partial charge on any atom is 0.256 e. The van der Waals surface area contributed by atoms with Crippen LogP contribution >= 0.6 is 0 Å². The van der Waals surface area contributed by atoms with E-state index in [4.69, 9.17) is 4.74 Å². The Balaban J connectivity index is 1.52. The van der Waals surface area contributed by atoms with Gasteiger partial charge in [-0.1, -0.05) is 31.4 Å². The van der Waals surface area contributed by atoms with Crippen LogP contribution in [0.2, 0.25) is 0 Å². The topological polar surface area (TPSA) is 37.7 Å². The summed E-state index contributed by atoms with van der Waals surface area (Å²) in [5.74, 6) is 1.74. The molecule has 31 heavy (non-hydrogen) atoms. The van der Waals surface area contributed by atoms with E-state index < -0.39 is 0 Å². The Kier molecular flexibility index (Phi) is 5.49. The molecule has 1 amide bonds. The Bertz CT molecular complexity index is 957. The first-order valence-corrected chi connectivity index (χ1v) is 12.2. The van der Waals surface area contributed by atoms with Crippen molar-refractivity contribution in [2.75, 3.05) is 26.7 Å². The first-order chi connectivity index (χ1) is 15.0. The van der Waals surface area contributed by atoms with Crippen molar-refractivity contribution in [1.29, 1.82) is 0 Å². The summed E-state index contributed by atoms with van der Waals surface area (Å²) in [5, 5.41) is 1.03. The molecule has 2 aliphatic heterocycles. The van der Waals surface area contributed by atoms with Gasteiger partial charge in [0, 0.05) is 37.3 Å². The minimum absolute atomic E-state index is 0.158. The Morgan fingerprint density at radius 1 is 1.13 bits per heavy atom. The van der Waals surface area contributed by atoms with Gasteiger partial charge in [0.2, 0.25) is 0 Å². The molecule has 1 saturated carbocycles. The normalized spacial score (nSPS) is 24.5. The fourth-order valence-electron chi connectivity index (χ4n) is 6.31. The van der Waals surface area contributed by atoms with Crippen LogP contribution in [-0.2, 0) is 6.54 Å². The van der Waals surface area contributed by atoms with Crippen LogP contribution in [0.5, 0.6) is 5.75 Å². The number of nitrogens with zero attached hydrogens (tertiary/aromatic N) is 3. The molecule has 1 aromatic carbocycles. The highest BCUT2D eigenvalue weighted by atomic mass is 16.5. The molecule has 1 aliphatic carbocycles. The summed E-state index contributed by atoms with van der Waals surface area (Å²) < 4.78 is 8.06. The van der Waals surface area contributed by atoms with E-state index in [1.54, 1.807) is 7.11 Å². The molecule has 0 N–H and O–H groups in total. The van der Waals surface area contributed by atoms with Gasteiger partial charge in [0.25, 0.3) is 5.91 Å². The summed E-state index contributed by atoms with van der Waals surface area (Å²) >= 11 is 0. The lowest BCUT2D eigenvalue weighted by Crippen LogP contribution is -2.63. The smallest absolute Gasteiger partial charge is 0.256 e. The number of benzene rings is 1. The first-order valence-electron chi connectivity index (χ1n) is 12.2. The fourth-order valence-corrected chi connectivity index (χ4v) is 6.31. The van der Waals surface area contributed by atoms with Gasteiger partial charge in [0.05, 0.1) is 23.7 Å². The van der Waals surface area contributed by atoms with Crippen LogP contribution < -0.4 is 4.74 Å². The molecule has 0 bridgehead atoms. The third kappa shape index (κ3) is 3.75. The molecule has 2 saturated heterocycles. The van der Waals surface area contributed by atoms with Crippen molar-refractivity contribution < 1.29 is 9.53 Å². The summed E-state index contributed by atoms with van der Waals surface area (Å²) in [6.45, 7) is 8.40. The highest BCUT2D eigenvalue weighted by Crippen LogP contribution is 2.36.